The summed E-state index contributed by atoms with van der Waals surface area (Å²) in [5, 5.41) is 19.6. The zero-order valence-electron chi connectivity index (χ0n) is 14.4. The van der Waals surface area contributed by atoms with Crippen molar-refractivity contribution in [1.29, 1.82) is 0 Å². The molecular formula is C16H28N2O6. The first kappa shape index (κ1) is 22.1. The van der Waals surface area contributed by atoms with Gasteiger partial charge < -0.3 is 29.9 Å². The van der Waals surface area contributed by atoms with Crippen LogP contribution in [0.4, 0.5) is 0 Å². The quantitative estimate of drug-likeness (QED) is 0.638. The van der Waals surface area contributed by atoms with Crippen LogP contribution in [-0.2, 0) is 19.1 Å². The Hall–Kier alpha value is -1.90. The minimum Gasteiger partial charge on any atom is -0.478 e. The number of ether oxygens (including phenoxy) is 2. The molecule has 3 N–H and O–H groups in total. The van der Waals surface area contributed by atoms with Gasteiger partial charge in [0.1, 0.15) is 0 Å². The van der Waals surface area contributed by atoms with Crippen LogP contribution < -0.4 is 5.32 Å². The van der Waals surface area contributed by atoms with Crippen molar-refractivity contribution in [3.8, 4) is 0 Å². The summed E-state index contributed by atoms with van der Waals surface area (Å²) in [6.45, 7) is 13.0. The van der Waals surface area contributed by atoms with E-state index in [0.29, 0.717) is 18.8 Å². The fourth-order valence-electron chi connectivity index (χ4n) is 1.55. The summed E-state index contributed by atoms with van der Waals surface area (Å²) in [6, 6.07) is 0. The van der Waals surface area contributed by atoms with E-state index >= 15 is 0 Å². The first-order valence-electron chi connectivity index (χ1n) is 7.75. The summed E-state index contributed by atoms with van der Waals surface area (Å²) in [5.74, 6) is -1.79. The summed E-state index contributed by atoms with van der Waals surface area (Å²) in [7, 11) is 0. The molecule has 0 saturated carbocycles. The van der Waals surface area contributed by atoms with E-state index in [0.717, 1.165) is 39.4 Å². The highest BCUT2D eigenvalue weighted by atomic mass is 16.5. The largest absolute Gasteiger partial charge is 0.478 e. The van der Waals surface area contributed by atoms with Crippen molar-refractivity contribution in [1.82, 2.24) is 10.2 Å². The third kappa shape index (κ3) is 12.6. The number of hydrogen-bond donors (Lipinski definition) is 3. The van der Waals surface area contributed by atoms with E-state index in [4.69, 9.17) is 19.7 Å². The average molecular weight is 344 g/mol. The Morgan fingerprint density at radius 3 is 1.75 bits per heavy atom. The van der Waals surface area contributed by atoms with Gasteiger partial charge in [0.05, 0.1) is 26.4 Å². The van der Waals surface area contributed by atoms with Gasteiger partial charge in [-0.3, -0.25) is 0 Å². The maximum absolute atomic E-state index is 10.4. The second-order valence-corrected chi connectivity index (χ2v) is 5.21. The molecule has 0 atom stereocenters. The molecule has 8 nitrogen and oxygen atoms in total. The fourth-order valence-corrected chi connectivity index (χ4v) is 1.55. The Morgan fingerprint density at radius 2 is 1.46 bits per heavy atom. The van der Waals surface area contributed by atoms with Crippen LogP contribution in [-0.4, -0.2) is 79.7 Å². The molecule has 2 aliphatic rings. The van der Waals surface area contributed by atoms with Crippen LogP contribution in [0.5, 0.6) is 0 Å². The Bertz CT molecular complexity index is 403. The van der Waals surface area contributed by atoms with E-state index < -0.39 is 11.9 Å². The molecule has 24 heavy (non-hydrogen) atoms. The zero-order valence-corrected chi connectivity index (χ0v) is 14.4. The Balaban J connectivity index is 0.000000371. The van der Waals surface area contributed by atoms with Crippen molar-refractivity contribution in [3.63, 3.8) is 0 Å². The first-order valence-corrected chi connectivity index (χ1v) is 7.75. The number of aliphatic carboxylic acids is 2. The van der Waals surface area contributed by atoms with Crippen LogP contribution in [0.25, 0.3) is 0 Å². The van der Waals surface area contributed by atoms with Crippen molar-refractivity contribution < 1.29 is 29.3 Å². The Labute approximate surface area is 142 Å². The zero-order chi connectivity index (χ0) is 18.4. The number of nitrogens with zero attached hydrogens (tertiary/aromatic N) is 1. The summed E-state index contributed by atoms with van der Waals surface area (Å²) < 4.78 is 10.1. The second kappa shape index (κ2) is 13.5. The smallest absolute Gasteiger partial charge is 0.332 e. The topological polar surface area (TPSA) is 108 Å². The predicted molar refractivity (Wildman–Crippen MR) is 89.9 cm³/mol. The summed E-state index contributed by atoms with van der Waals surface area (Å²) in [6.07, 6.45) is 1.67. The number of nitrogens with one attached hydrogen (secondary N) is 1. The number of hydrogen-bond acceptors (Lipinski definition) is 6. The standard InChI is InChI=1S/C8H13NO3.C4H9NO.C4H6O2/c1-7(8(10)11)6-9-2-4-12-5-3-9;1-3-6-4-2-5-1;1-3(2)4(5)6/h6H,2-5H2,1H3,(H,10,11);5H,1-4H2;1H2,2H3,(H,5,6). The molecule has 138 valence electrons. The molecule has 2 saturated heterocycles. The lowest BCUT2D eigenvalue weighted by molar-refractivity contribution is -0.133. The molecule has 0 spiro atoms. The first-order chi connectivity index (χ1) is 11.3. The molecule has 0 radical (unpaired) electrons. The average Bonchev–Trinajstić information content (AvgIpc) is 2.58. The third-order valence-corrected chi connectivity index (χ3v) is 2.97. The van der Waals surface area contributed by atoms with Crippen LogP contribution in [0.15, 0.2) is 23.9 Å². The van der Waals surface area contributed by atoms with Gasteiger partial charge in [-0.15, -0.1) is 0 Å². The molecule has 0 amide bonds. The lowest BCUT2D eigenvalue weighted by atomic mass is 10.3. The molecule has 2 rings (SSSR count). The van der Waals surface area contributed by atoms with Crippen LogP contribution in [0.1, 0.15) is 13.8 Å². The molecule has 2 fully saturated rings. The normalized spacial score (nSPS) is 17.6. The lowest BCUT2D eigenvalue weighted by Gasteiger charge is -2.25. The van der Waals surface area contributed by atoms with Gasteiger partial charge in [-0.2, -0.15) is 0 Å². The molecule has 0 aromatic heterocycles. The molecule has 0 bridgehead atoms. The van der Waals surface area contributed by atoms with Gasteiger partial charge in [0.15, 0.2) is 0 Å². The van der Waals surface area contributed by atoms with E-state index in [1.165, 1.54) is 6.92 Å². The maximum atomic E-state index is 10.4. The molecule has 2 aliphatic heterocycles. The Morgan fingerprint density at radius 1 is 1.00 bits per heavy atom. The van der Waals surface area contributed by atoms with Crippen molar-refractivity contribution >= 4 is 11.9 Å². The number of carbonyl (C=O) groups is 2. The van der Waals surface area contributed by atoms with Crippen LogP contribution in [0.3, 0.4) is 0 Å². The van der Waals surface area contributed by atoms with E-state index in [1.54, 1.807) is 13.1 Å². The SMILES string of the molecule is C1COCCN1.C=C(C)C(=O)O.CC(=CN1CCOCC1)C(=O)O. The number of carboxylic acid groups (broad SMARTS) is 2. The van der Waals surface area contributed by atoms with E-state index in [1.807, 2.05) is 4.90 Å². The van der Waals surface area contributed by atoms with Gasteiger partial charge in [-0.1, -0.05) is 6.58 Å². The Kier molecular flexibility index (Phi) is 12.5. The van der Waals surface area contributed by atoms with Crippen molar-refractivity contribution in [2.75, 3.05) is 52.6 Å². The monoisotopic (exact) mass is 344 g/mol. The summed E-state index contributed by atoms with van der Waals surface area (Å²) >= 11 is 0. The summed E-state index contributed by atoms with van der Waals surface area (Å²) in [4.78, 5) is 22.0. The van der Waals surface area contributed by atoms with Crippen molar-refractivity contribution in [3.05, 3.63) is 23.9 Å². The molecule has 0 aliphatic carbocycles. The number of morpholine rings is 2. The van der Waals surface area contributed by atoms with Gasteiger partial charge in [-0.05, 0) is 13.8 Å². The third-order valence-electron chi connectivity index (χ3n) is 2.97. The van der Waals surface area contributed by atoms with Gasteiger partial charge in [0.2, 0.25) is 0 Å². The van der Waals surface area contributed by atoms with Crippen LogP contribution in [0.2, 0.25) is 0 Å². The summed E-state index contributed by atoms with van der Waals surface area (Å²) in [5.41, 5.74) is 0.548. The minimum atomic E-state index is -0.935. The molecule has 0 unspecified atom stereocenters. The predicted octanol–water partition coefficient (Wildman–Crippen LogP) is 0.560. The number of carboxylic acids is 2. The molecule has 0 aromatic carbocycles. The van der Waals surface area contributed by atoms with E-state index in [2.05, 4.69) is 11.9 Å². The molecular weight excluding hydrogens is 316 g/mol. The second-order valence-electron chi connectivity index (χ2n) is 5.21. The maximum Gasteiger partial charge on any atom is 0.332 e. The van der Waals surface area contributed by atoms with Gasteiger partial charge >= 0.3 is 11.9 Å². The minimum absolute atomic E-state index is 0.176. The van der Waals surface area contributed by atoms with E-state index in [9.17, 15) is 9.59 Å². The highest BCUT2D eigenvalue weighted by Gasteiger charge is 2.08. The van der Waals surface area contributed by atoms with Crippen LogP contribution >= 0.6 is 0 Å². The van der Waals surface area contributed by atoms with Gasteiger partial charge in [0, 0.05) is 43.5 Å². The van der Waals surface area contributed by atoms with Gasteiger partial charge in [0.25, 0.3) is 0 Å². The number of rotatable bonds is 3. The van der Waals surface area contributed by atoms with Crippen molar-refractivity contribution in [2.24, 2.45) is 0 Å². The molecule has 2 heterocycles. The lowest BCUT2D eigenvalue weighted by Crippen LogP contribution is -2.32. The fraction of sp³-hybridized carbons (Fsp3) is 0.625. The highest BCUT2D eigenvalue weighted by molar-refractivity contribution is 5.85. The van der Waals surface area contributed by atoms with Crippen LogP contribution in [0, 0.1) is 0 Å². The van der Waals surface area contributed by atoms with Crippen molar-refractivity contribution in [2.45, 2.75) is 13.8 Å². The molecule has 0 aromatic rings. The highest BCUT2D eigenvalue weighted by Crippen LogP contribution is 2.01. The van der Waals surface area contributed by atoms with Gasteiger partial charge in [-0.25, -0.2) is 9.59 Å². The molecule has 8 heteroatoms. The van der Waals surface area contributed by atoms with E-state index in [-0.39, 0.29) is 5.57 Å².